The van der Waals surface area contributed by atoms with Crippen LogP contribution in [-0.4, -0.2) is 26.4 Å². The maximum atomic E-state index is 12.3. The van der Waals surface area contributed by atoms with Crippen molar-refractivity contribution in [2.45, 2.75) is 5.16 Å². The molecule has 0 atom stereocenters. The number of furan rings is 1. The van der Waals surface area contributed by atoms with Gasteiger partial charge in [0, 0.05) is 12.7 Å². The van der Waals surface area contributed by atoms with Gasteiger partial charge in [0.25, 0.3) is 0 Å². The second-order valence-corrected chi connectivity index (χ2v) is 6.68. The van der Waals surface area contributed by atoms with Crippen LogP contribution in [0.4, 0.5) is 5.69 Å². The molecule has 0 aliphatic rings. The summed E-state index contributed by atoms with van der Waals surface area (Å²) in [6, 6.07) is 17.5. The highest BCUT2D eigenvalue weighted by Gasteiger charge is 2.14. The third-order valence-corrected chi connectivity index (χ3v) is 4.96. The molecule has 1 amide bonds. The number of benzene rings is 2. The van der Waals surface area contributed by atoms with Crippen molar-refractivity contribution in [3.63, 3.8) is 0 Å². The summed E-state index contributed by atoms with van der Waals surface area (Å²) < 4.78 is 7.15. The number of thioether (sulfide) groups is 1. The highest BCUT2D eigenvalue weighted by atomic mass is 32.2. The fraction of sp³-hybridized carbons (Fsp3) is 0.105. The van der Waals surface area contributed by atoms with Gasteiger partial charge in [-0.25, -0.2) is 0 Å². The van der Waals surface area contributed by atoms with Crippen molar-refractivity contribution in [2.75, 3.05) is 11.1 Å². The van der Waals surface area contributed by atoms with E-state index in [4.69, 9.17) is 4.42 Å². The van der Waals surface area contributed by atoms with Gasteiger partial charge in [0.15, 0.2) is 16.7 Å². The number of hydrogen-bond acceptors (Lipinski definition) is 5. The molecule has 0 spiro atoms. The monoisotopic (exact) mass is 364 g/mol. The molecule has 0 unspecified atom stereocenters. The smallest absolute Gasteiger partial charge is 0.234 e. The van der Waals surface area contributed by atoms with E-state index in [0.717, 1.165) is 16.5 Å². The first-order valence-electron chi connectivity index (χ1n) is 8.05. The Kier molecular flexibility index (Phi) is 4.45. The van der Waals surface area contributed by atoms with Crippen molar-refractivity contribution in [2.24, 2.45) is 7.05 Å². The molecule has 26 heavy (non-hydrogen) atoms. The fourth-order valence-corrected chi connectivity index (χ4v) is 3.37. The molecular weight excluding hydrogens is 348 g/mol. The molecule has 7 heteroatoms. The van der Waals surface area contributed by atoms with Crippen LogP contribution < -0.4 is 5.32 Å². The Labute approximate surface area is 154 Å². The molecule has 2 aromatic carbocycles. The minimum absolute atomic E-state index is 0.0900. The number of carbonyl (C=O) groups is 1. The highest BCUT2D eigenvalue weighted by Crippen LogP contribution is 2.23. The zero-order valence-electron chi connectivity index (χ0n) is 14.0. The van der Waals surface area contributed by atoms with Crippen LogP contribution >= 0.6 is 11.8 Å². The van der Waals surface area contributed by atoms with Gasteiger partial charge in [-0.1, -0.05) is 42.1 Å². The van der Waals surface area contributed by atoms with Gasteiger partial charge in [-0.05, 0) is 35.0 Å². The maximum Gasteiger partial charge on any atom is 0.234 e. The Balaban J connectivity index is 1.41. The van der Waals surface area contributed by atoms with Crippen LogP contribution in [0.2, 0.25) is 0 Å². The number of amides is 1. The third-order valence-electron chi connectivity index (χ3n) is 3.94. The van der Waals surface area contributed by atoms with E-state index >= 15 is 0 Å². The molecule has 0 aliphatic carbocycles. The predicted octanol–water partition coefficient (Wildman–Crippen LogP) is 3.96. The van der Waals surface area contributed by atoms with Crippen LogP contribution in [0.1, 0.15) is 0 Å². The number of anilines is 1. The predicted molar refractivity (Wildman–Crippen MR) is 102 cm³/mol. The first kappa shape index (κ1) is 16.4. The minimum Gasteiger partial charge on any atom is -0.461 e. The van der Waals surface area contributed by atoms with Gasteiger partial charge in [0.2, 0.25) is 5.91 Å². The Hall–Kier alpha value is -3.06. The van der Waals surface area contributed by atoms with Gasteiger partial charge >= 0.3 is 0 Å². The lowest BCUT2D eigenvalue weighted by atomic mass is 10.1. The van der Waals surface area contributed by atoms with E-state index in [1.165, 1.54) is 11.8 Å². The number of nitrogens with zero attached hydrogens (tertiary/aromatic N) is 3. The number of carbonyl (C=O) groups excluding carboxylic acids is 1. The normalized spacial score (nSPS) is 11.0. The van der Waals surface area contributed by atoms with E-state index in [1.54, 1.807) is 12.3 Å². The van der Waals surface area contributed by atoms with Crippen LogP contribution in [0.15, 0.2) is 70.4 Å². The summed E-state index contributed by atoms with van der Waals surface area (Å²) in [5, 5.41) is 14.1. The second kappa shape index (κ2) is 7.05. The molecule has 0 aliphatic heterocycles. The van der Waals surface area contributed by atoms with Crippen LogP contribution in [0.3, 0.4) is 0 Å². The van der Waals surface area contributed by atoms with Gasteiger partial charge in [0.1, 0.15) is 0 Å². The van der Waals surface area contributed by atoms with Crippen LogP contribution in [0.25, 0.3) is 22.4 Å². The molecule has 0 bridgehead atoms. The Morgan fingerprint density at radius 1 is 1.12 bits per heavy atom. The molecule has 1 N–H and O–H groups in total. The topological polar surface area (TPSA) is 73.0 Å². The van der Waals surface area contributed by atoms with Crippen LogP contribution in [-0.2, 0) is 11.8 Å². The number of hydrogen-bond donors (Lipinski definition) is 1. The summed E-state index contributed by atoms with van der Waals surface area (Å²) >= 11 is 1.33. The lowest BCUT2D eigenvalue weighted by Crippen LogP contribution is -2.14. The summed E-state index contributed by atoms with van der Waals surface area (Å²) in [4.78, 5) is 12.3. The van der Waals surface area contributed by atoms with Crippen molar-refractivity contribution in [1.82, 2.24) is 14.8 Å². The molecule has 2 heterocycles. The Morgan fingerprint density at radius 3 is 2.77 bits per heavy atom. The van der Waals surface area contributed by atoms with Crippen molar-refractivity contribution in [3.8, 4) is 11.6 Å². The molecule has 0 radical (unpaired) electrons. The van der Waals surface area contributed by atoms with Crippen molar-refractivity contribution in [3.05, 3.63) is 60.9 Å². The fourth-order valence-electron chi connectivity index (χ4n) is 2.66. The molecule has 2 aromatic heterocycles. The number of fused-ring (bicyclic) bond motifs is 1. The largest absolute Gasteiger partial charge is 0.461 e. The zero-order valence-corrected chi connectivity index (χ0v) is 14.9. The number of aromatic nitrogens is 3. The molecule has 0 saturated heterocycles. The summed E-state index contributed by atoms with van der Waals surface area (Å²) in [7, 11) is 1.85. The average Bonchev–Trinajstić information content (AvgIpc) is 3.29. The summed E-state index contributed by atoms with van der Waals surface area (Å²) in [6.07, 6.45) is 1.59. The number of rotatable bonds is 5. The van der Waals surface area contributed by atoms with Gasteiger partial charge in [-0.2, -0.15) is 0 Å². The van der Waals surface area contributed by atoms with E-state index in [9.17, 15) is 4.79 Å². The maximum absolute atomic E-state index is 12.3. The minimum atomic E-state index is -0.0900. The standard InChI is InChI=1S/C19H16N4O2S/c1-23-18(16-7-4-10-25-16)21-22-19(23)26-12-17(24)20-15-9-8-13-5-2-3-6-14(13)11-15/h2-11H,12H2,1H3,(H,20,24). The van der Waals surface area contributed by atoms with E-state index < -0.39 is 0 Å². The SMILES string of the molecule is Cn1c(SCC(=O)Nc2ccc3ccccc3c2)nnc1-c1ccco1. The quantitative estimate of drug-likeness (QED) is 0.543. The molecule has 0 fully saturated rings. The van der Waals surface area contributed by atoms with E-state index in [0.29, 0.717) is 16.7 Å². The van der Waals surface area contributed by atoms with Gasteiger partial charge in [-0.15, -0.1) is 10.2 Å². The molecule has 4 rings (SSSR count). The molecule has 0 saturated carbocycles. The average molecular weight is 364 g/mol. The Morgan fingerprint density at radius 2 is 1.96 bits per heavy atom. The third kappa shape index (κ3) is 3.34. The molecule has 130 valence electrons. The van der Waals surface area contributed by atoms with E-state index in [1.807, 2.05) is 60.1 Å². The zero-order chi connectivity index (χ0) is 17.9. The second-order valence-electron chi connectivity index (χ2n) is 5.74. The molecular formula is C19H16N4O2S. The van der Waals surface area contributed by atoms with Crippen molar-refractivity contribution < 1.29 is 9.21 Å². The summed E-state index contributed by atoms with van der Waals surface area (Å²) in [5.41, 5.74) is 0.781. The number of nitrogens with one attached hydrogen (secondary N) is 1. The van der Waals surface area contributed by atoms with Gasteiger partial charge in [0.05, 0.1) is 12.0 Å². The first-order chi connectivity index (χ1) is 12.7. The summed E-state index contributed by atoms with van der Waals surface area (Å²) in [5.74, 6) is 1.43. The molecule has 4 aromatic rings. The van der Waals surface area contributed by atoms with Crippen molar-refractivity contribution >= 4 is 34.1 Å². The first-order valence-corrected chi connectivity index (χ1v) is 9.04. The lowest BCUT2D eigenvalue weighted by Gasteiger charge is -2.06. The van der Waals surface area contributed by atoms with Gasteiger partial charge < -0.3 is 14.3 Å². The summed E-state index contributed by atoms with van der Waals surface area (Å²) in [6.45, 7) is 0. The van der Waals surface area contributed by atoms with Crippen LogP contribution in [0, 0.1) is 0 Å². The van der Waals surface area contributed by atoms with Crippen LogP contribution in [0.5, 0.6) is 0 Å². The van der Waals surface area contributed by atoms with E-state index in [2.05, 4.69) is 15.5 Å². The Bertz CT molecular complexity index is 1060. The van der Waals surface area contributed by atoms with Gasteiger partial charge in [-0.3, -0.25) is 4.79 Å². The van der Waals surface area contributed by atoms with E-state index in [-0.39, 0.29) is 11.7 Å². The molecule has 6 nitrogen and oxygen atoms in total. The highest BCUT2D eigenvalue weighted by molar-refractivity contribution is 7.99. The van der Waals surface area contributed by atoms with Crippen molar-refractivity contribution in [1.29, 1.82) is 0 Å². The lowest BCUT2D eigenvalue weighted by molar-refractivity contribution is -0.113.